The molecule has 0 fully saturated rings. The monoisotopic (exact) mass is 240 g/mol. The molecule has 4 heteroatoms. The highest BCUT2D eigenvalue weighted by Gasteiger charge is 2.20. The molecule has 0 bridgehead atoms. The lowest BCUT2D eigenvalue weighted by atomic mass is 10.1. The Balaban J connectivity index is 2.04. The third-order valence-corrected chi connectivity index (χ3v) is 3.33. The fourth-order valence-electron chi connectivity index (χ4n) is 2.33. The zero-order valence-electron chi connectivity index (χ0n) is 10.4. The number of hydrogen-bond acceptors (Lipinski definition) is 4. The van der Waals surface area contributed by atoms with Crippen LogP contribution in [0.3, 0.4) is 0 Å². The minimum Gasteiger partial charge on any atom is -0.384 e. The molecule has 1 aromatic carbocycles. The second kappa shape index (κ2) is 4.22. The van der Waals surface area contributed by atoms with Crippen LogP contribution in [0, 0.1) is 0 Å². The van der Waals surface area contributed by atoms with Gasteiger partial charge in [-0.15, -0.1) is 0 Å². The lowest BCUT2D eigenvalue weighted by Crippen LogP contribution is -2.36. The molecule has 92 valence electrons. The summed E-state index contributed by atoms with van der Waals surface area (Å²) in [6, 6.07) is 12.3. The predicted molar refractivity (Wildman–Crippen MR) is 75.4 cm³/mol. The van der Waals surface area contributed by atoms with Gasteiger partial charge < -0.3 is 15.5 Å². The van der Waals surface area contributed by atoms with Crippen LogP contribution in [-0.2, 0) is 0 Å². The Bertz CT molecular complexity index is 550. The number of nitrogens with zero attached hydrogens (tertiary/aromatic N) is 3. The van der Waals surface area contributed by atoms with Gasteiger partial charge in [0.2, 0.25) is 0 Å². The summed E-state index contributed by atoms with van der Waals surface area (Å²) in [5.74, 6) is 0.557. The first-order valence-electron chi connectivity index (χ1n) is 6.05. The summed E-state index contributed by atoms with van der Waals surface area (Å²) in [5, 5.41) is 0. The fourth-order valence-corrected chi connectivity index (χ4v) is 2.33. The molecule has 18 heavy (non-hydrogen) atoms. The molecular formula is C14H16N4. The Morgan fingerprint density at radius 2 is 1.83 bits per heavy atom. The zero-order chi connectivity index (χ0) is 12.5. The number of nitrogens with two attached hydrogens (primary N) is 1. The summed E-state index contributed by atoms with van der Waals surface area (Å²) >= 11 is 0. The van der Waals surface area contributed by atoms with Gasteiger partial charge in [0.1, 0.15) is 5.82 Å². The van der Waals surface area contributed by atoms with Gasteiger partial charge in [-0.1, -0.05) is 12.1 Å². The van der Waals surface area contributed by atoms with E-state index < -0.39 is 0 Å². The van der Waals surface area contributed by atoms with E-state index in [2.05, 4.69) is 46.1 Å². The Labute approximate surface area is 107 Å². The fraction of sp³-hybridized carbons (Fsp3) is 0.214. The Hall–Kier alpha value is -2.23. The van der Waals surface area contributed by atoms with Crippen LogP contribution in [0.4, 0.5) is 22.9 Å². The van der Waals surface area contributed by atoms with E-state index in [-0.39, 0.29) is 0 Å². The SMILES string of the molecule is CN1CCN(c2ccc(N)nc2)c2ccccc21. The largest absolute Gasteiger partial charge is 0.384 e. The lowest BCUT2D eigenvalue weighted by Gasteiger charge is -2.36. The van der Waals surface area contributed by atoms with Crippen molar-refractivity contribution in [2.45, 2.75) is 0 Å². The lowest BCUT2D eigenvalue weighted by molar-refractivity contribution is 0.821. The molecule has 2 heterocycles. The van der Waals surface area contributed by atoms with Crippen LogP contribution in [0.25, 0.3) is 0 Å². The topological polar surface area (TPSA) is 45.4 Å². The van der Waals surface area contributed by atoms with Crippen molar-refractivity contribution < 1.29 is 0 Å². The molecule has 0 saturated carbocycles. The van der Waals surface area contributed by atoms with Crippen molar-refractivity contribution in [3.63, 3.8) is 0 Å². The summed E-state index contributed by atoms with van der Waals surface area (Å²) in [6.07, 6.45) is 1.83. The van der Waals surface area contributed by atoms with E-state index in [9.17, 15) is 0 Å². The summed E-state index contributed by atoms with van der Waals surface area (Å²) < 4.78 is 0. The van der Waals surface area contributed by atoms with E-state index >= 15 is 0 Å². The molecule has 1 aliphatic heterocycles. The summed E-state index contributed by atoms with van der Waals surface area (Å²) in [6.45, 7) is 1.96. The molecule has 0 radical (unpaired) electrons. The summed E-state index contributed by atoms with van der Waals surface area (Å²) in [4.78, 5) is 8.72. The highest BCUT2D eigenvalue weighted by Crippen LogP contribution is 2.36. The van der Waals surface area contributed by atoms with E-state index in [1.165, 1.54) is 11.4 Å². The maximum absolute atomic E-state index is 5.64. The Kier molecular flexibility index (Phi) is 2.55. The molecule has 3 rings (SSSR count). The maximum Gasteiger partial charge on any atom is 0.123 e. The molecule has 0 amide bonds. The molecule has 1 aliphatic rings. The molecule has 0 unspecified atom stereocenters. The number of hydrogen-bond donors (Lipinski definition) is 1. The first-order chi connectivity index (χ1) is 8.75. The van der Waals surface area contributed by atoms with E-state index in [1.54, 1.807) is 0 Å². The van der Waals surface area contributed by atoms with Crippen LogP contribution in [0.5, 0.6) is 0 Å². The van der Waals surface area contributed by atoms with Crippen molar-refractivity contribution in [1.82, 2.24) is 4.98 Å². The van der Waals surface area contributed by atoms with Gasteiger partial charge in [0.15, 0.2) is 0 Å². The van der Waals surface area contributed by atoms with Crippen LogP contribution in [-0.4, -0.2) is 25.1 Å². The molecule has 1 aromatic heterocycles. The van der Waals surface area contributed by atoms with Gasteiger partial charge in [-0.05, 0) is 24.3 Å². The minimum atomic E-state index is 0.557. The average molecular weight is 240 g/mol. The van der Waals surface area contributed by atoms with Crippen LogP contribution >= 0.6 is 0 Å². The molecule has 0 atom stereocenters. The van der Waals surface area contributed by atoms with E-state index in [1.807, 2.05) is 18.3 Å². The molecule has 2 aromatic rings. The standard InChI is InChI=1S/C14H16N4/c1-17-8-9-18(11-6-7-14(15)16-10-11)13-5-3-2-4-12(13)17/h2-7,10H,8-9H2,1H3,(H2,15,16). The van der Waals surface area contributed by atoms with Crippen molar-refractivity contribution in [2.24, 2.45) is 0 Å². The number of nitrogen functional groups attached to an aromatic ring is 1. The maximum atomic E-state index is 5.64. The van der Waals surface area contributed by atoms with Gasteiger partial charge in [0.25, 0.3) is 0 Å². The smallest absolute Gasteiger partial charge is 0.123 e. The van der Waals surface area contributed by atoms with Crippen molar-refractivity contribution >= 4 is 22.9 Å². The second-order valence-electron chi connectivity index (χ2n) is 4.50. The number of fused-ring (bicyclic) bond motifs is 1. The van der Waals surface area contributed by atoms with Crippen molar-refractivity contribution in [2.75, 3.05) is 35.7 Å². The quantitative estimate of drug-likeness (QED) is 0.830. The Morgan fingerprint density at radius 3 is 2.56 bits per heavy atom. The van der Waals surface area contributed by atoms with E-state index in [0.29, 0.717) is 5.82 Å². The summed E-state index contributed by atoms with van der Waals surface area (Å²) in [7, 11) is 2.12. The van der Waals surface area contributed by atoms with Crippen LogP contribution in [0.1, 0.15) is 0 Å². The van der Waals surface area contributed by atoms with Crippen LogP contribution in [0.15, 0.2) is 42.6 Å². The van der Waals surface area contributed by atoms with Gasteiger partial charge in [-0.2, -0.15) is 0 Å². The summed E-state index contributed by atoms with van der Waals surface area (Å²) in [5.41, 5.74) is 9.19. The molecular weight excluding hydrogens is 224 g/mol. The third-order valence-electron chi connectivity index (χ3n) is 3.33. The van der Waals surface area contributed by atoms with Crippen LogP contribution < -0.4 is 15.5 Å². The van der Waals surface area contributed by atoms with Gasteiger partial charge >= 0.3 is 0 Å². The van der Waals surface area contributed by atoms with Gasteiger partial charge in [-0.3, -0.25) is 0 Å². The van der Waals surface area contributed by atoms with Gasteiger partial charge in [0, 0.05) is 20.1 Å². The van der Waals surface area contributed by atoms with E-state index in [4.69, 9.17) is 5.73 Å². The molecule has 0 saturated heterocycles. The number of aromatic nitrogens is 1. The highest BCUT2D eigenvalue weighted by molar-refractivity contribution is 5.79. The number of benzene rings is 1. The Morgan fingerprint density at radius 1 is 1.06 bits per heavy atom. The van der Waals surface area contributed by atoms with Crippen molar-refractivity contribution in [3.05, 3.63) is 42.6 Å². The van der Waals surface area contributed by atoms with Crippen molar-refractivity contribution in [1.29, 1.82) is 0 Å². The van der Waals surface area contributed by atoms with E-state index in [0.717, 1.165) is 18.8 Å². The average Bonchev–Trinajstić information content (AvgIpc) is 2.41. The molecule has 4 nitrogen and oxygen atoms in total. The number of rotatable bonds is 1. The van der Waals surface area contributed by atoms with Crippen LogP contribution in [0.2, 0.25) is 0 Å². The van der Waals surface area contributed by atoms with Gasteiger partial charge in [0.05, 0.1) is 23.3 Å². The number of anilines is 4. The first-order valence-corrected chi connectivity index (χ1v) is 6.05. The minimum absolute atomic E-state index is 0.557. The third kappa shape index (κ3) is 1.76. The zero-order valence-corrected chi connectivity index (χ0v) is 10.4. The predicted octanol–water partition coefficient (Wildman–Crippen LogP) is 2.25. The highest BCUT2D eigenvalue weighted by atomic mass is 15.3. The number of pyridine rings is 1. The number of para-hydroxylation sites is 2. The normalized spacial score (nSPS) is 14.5. The number of likely N-dealkylation sites (N-methyl/N-ethyl adjacent to an activating group) is 1. The first kappa shape index (κ1) is 10.9. The molecule has 2 N–H and O–H groups in total. The van der Waals surface area contributed by atoms with Crippen molar-refractivity contribution in [3.8, 4) is 0 Å². The van der Waals surface area contributed by atoms with Gasteiger partial charge in [-0.25, -0.2) is 4.98 Å². The molecule has 0 spiro atoms. The second-order valence-corrected chi connectivity index (χ2v) is 4.50. The molecule has 0 aliphatic carbocycles.